The molecule has 0 spiro atoms. The number of benzene rings is 1. The van der Waals surface area contributed by atoms with Gasteiger partial charge in [0, 0.05) is 31.7 Å². The van der Waals surface area contributed by atoms with Crippen LogP contribution in [0.15, 0.2) is 23.2 Å². The Balaban J connectivity index is 0.00000576. The van der Waals surface area contributed by atoms with Gasteiger partial charge in [0.05, 0.1) is 0 Å². The van der Waals surface area contributed by atoms with Crippen LogP contribution in [-0.2, 0) is 0 Å². The van der Waals surface area contributed by atoms with Crippen molar-refractivity contribution in [1.29, 1.82) is 0 Å². The molecule has 142 valence electrons. The van der Waals surface area contributed by atoms with E-state index in [1.165, 1.54) is 6.07 Å². The van der Waals surface area contributed by atoms with E-state index >= 15 is 0 Å². The van der Waals surface area contributed by atoms with Gasteiger partial charge >= 0.3 is 0 Å². The molecule has 5 nitrogen and oxygen atoms in total. The lowest BCUT2D eigenvalue weighted by molar-refractivity contribution is 0.0954. The van der Waals surface area contributed by atoms with Crippen LogP contribution in [-0.4, -0.2) is 38.0 Å². The van der Waals surface area contributed by atoms with Crippen molar-refractivity contribution < 1.29 is 9.18 Å². The molecular weight excluding hydrogens is 434 g/mol. The lowest BCUT2D eigenvalue weighted by Gasteiger charge is -2.12. The van der Waals surface area contributed by atoms with E-state index in [-0.39, 0.29) is 35.7 Å². The molecule has 0 saturated heterocycles. The normalized spacial score (nSPS) is 11.0. The van der Waals surface area contributed by atoms with Crippen molar-refractivity contribution in [3.63, 3.8) is 0 Å². The molecule has 0 aliphatic rings. The van der Waals surface area contributed by atoms with Gasteiger partial charge in [-0.25, -0.2) is 4.39 Å². The summed E-state index contributed by atoms with van der Waals surface area (Å²) in [7, 11) is 0. The number of amides is 1. The first-order chi connectivity index (χ1) is 11.4. The van der Waals surface area contributed by atoms with Crippen molar-refractivity contribution in [2.24, 2.45) is 10.9 Å². The molecule has 3 N–H and O–H groups in total. The summed E-state index contributed by atoms with van der Waals surface area (Å²) in [4.78, 5) is 16.5. The minimum atomic E-state index is -0.368. The highest BCUT2D eigenvalue weighted by Crippen LogP contribution is 2.08. The summed E-state index contributed by atoms with van der Waals surface area (Å²) in [5.41, 5.74) is 0.858. The molecule has 25 heavy (non-hydrogen) atoms. The molecule has 0 aliphatic heterocycles. The summed E-state index contributed by atoms with van der Waals surface area (Å²) in [6, 6.07) is 4.49. The van der Waals surface area contributed by atoms with Gasteiger partial charge in [-0.2, -0.15) is 0 Å². The zero-order valence-corrected chi connectivity index (χ0v) is 17.8. The van der Waals surface area contributed by atoms with E-state index in [2.05, 4.69) is 34.8 Å². The van der Waals surface area contributed by atoms with Gasteiger partial charge in [0.15, 0.2) is 5.96 Å². The number of nitrogens with one attached hydrogen (secondary N) is 3. The first kappa shape index (κ1) is 23.6. The lowest BCUT2D eigenvalue weighted by Crippen LogP contribution is -2.41. The maximum absolute atomic E-state index is 13.5. The van der Waals surface area contributed by atoms with Crippen molar-refractivity contribution in [3.05, 3.63) is 35.1 Å². The molecule has 7 heteroatoms. The van der Waals surface area contributed by atoms with Gasteiger partial charge in [0.1, 0.15) is 5.82 Å². The topological polar surface area (TPSA) is 65.5 Å². The van der Waals surface area contributed by atoms with Crippen LogP contribution in [0.1, 0.15) is 43.1 Å². The van der Waals surface area contributed by atoms with Crippen molar-refractivity contribution in [2.75, 3.05) is 26.2 Å². The number of rotatable bonds is 8. The quantitative estimate of drug-likeness (QED) is 0.240. The molecule has 1 rings (SSSR count). The molecule has 0 heterocycles. The van der Waals surface area contributed by atoms with Crippen molar-refractivity contribution in [3.8, 4) is 0 Å². The zero-order valence-electron chi connectivity index (χ0n) is 15.5. The van der Waals surface area contributed by atoms with Gasteiger partial charge in [0.25, 0.3) is 5.91 Å². The minimum absolute atomic E-state index is 0. The largest absolute Gasteiger partial charge is 0.357 e. The predicted molar refractivity (Wildman–Crippen MR) is 112 cm³/mol. The highest BCUT2D eigenvalue weighted by Gasteiger charge is 2.07. The molecule has 0 bridgehead atoms. The minimum Gasteiger partial charge on any atom is -0.357 e. The van der Waals surface area contributed by atoms with Crippen molar-refractivity contribution in [2.45, 2.75) is 34.1 Å². The SMILES string of the molecule is CCNC(=NCCC(C)C)NCCNC(=O)c1ccc(C)c(F)c1.I. The van der Waals surface area contributed by atoms with Gasteiger partial charge < -0.3 is 16.0 Å². The lowest BCUT2D eigenvalue weighted by atomic mass is 10.1. The Morgan fingerprint density at radius 2 is 1.88 bits per heavy atom. The molecule has 1 aromatic carbocycles. The number of carbonyl (C=O) groups is 1. The first-order valence-electron chi connectivity index (χ1n) is 8.50. The molecule has 0 radical (unpaired) electrons. The number of guanidine groups is 1. The Morgan fingerprint density at radius 1 is 1.20 bits per heavy atom. The second-order valence-electron chi connectivity index (χ2n) is 6.09. The zero-order chi connectivity index (χ0) is 17.9. The second-order valence-corrected chi connectivity index (χ2v) is 6.09. The molecule has 0 aromatic heterocycles. The highest BCUT2D eigenvalue weighted by atomic mass is 127. The average molecular weight is 464 g/mol. The summed E-state index contributed by atoms with van der Waals surface area (Å²) in [5.74, 6) is 0.713. The molecule has 0 fully saturated rings. The Hall–Kier alpha value is -1.38. The third-order valence-electron chi connectivity index (χ3n) is 3.46. The molecule has 0 aliphatic carbocycles. The Labute approximate surface area is 167 Å². The molecule has 1 amide bonds. The summed E-state index contributed by atoms with van der Waals surface area (Å²) in [5, 5.41) is 9.10. The summed E-state index contributed by atoms with van der Waals surface area (Å²) < 4.78 is 13.5. The van der Waals surface area contributed by atoms with E-state index in [1.54, 1.807) is 19.1 Å². The molecule has 0 saturated carbocycles. The van der Waals surface area contributed by atoms with E-state index in [0.29, 0.717) is 30.1 Å². The molecule has 1 aromatic rings. The molecule has 0 unspecified atom stereocenters. The van der Waals surface area contributed by atoms with Gasteiger partial charge in [-0.3, -0.25) is 9.79 Å². The monoisotopic (exact) mass is 464 g/mol. The average Bonchev–Trinajstić information content (AvgIpc) is 2.53. The highest BCUT2D eigenvalue weighted by molar-refractivity contribution is 14.0. The standard InChI is InChI=1S/C18H29FN4O.HI/c1-5-20-18(22-9-8-13(2)3)23-11-10-21-17(24)15-7-6-14(4)16(19)12-15;/h6-7,12-13H,5,8-11H2,1-4H3,(H,21,24)(H2,20,22,23);1H. The van der Waals surface area contributed by atoms with Crippen molar-refractivity contribution >= 4 is 35.8 Å². The van der Waals surface area contributed by atoms with Gasteiger partial charge in [-0.15, -0.1) is 24.0 Å². The number of halogens is 2. The van der Waals surface area contributed by atoms with Crippen LogP contribution in [0.2, 0.25) is 0 Å². The van der Waals surface area contributed by atoms with Crippen LogP contribution >= 0.6 is 24.0 Å². The second kappa shape index (κ2) is 12.9. The van der Waals surface area contributed by atoms with E-state index in [4.69, 9.17) is 0 Å². The Morgan fingerprint density at radius 3 is 2.48 bits per heavy atom. The number of aliphatic imine (C=N–C) groups is 1. The number of nitrogens with zero attached hydrogens (tertiary/aromatic N) is 1. The van der Waals surface area contributed by atoms with Crippen LogP contribution in [0.3, 0.4) is 0 Å². The van der Waals surface area contributed by atoms with E-state index in [0.717, 1.165) is 25.5 Å². The van der Waals surface area contributed by atoms with Gasteiger partial charge in [-0.05, 0) is 43.9 Å². The van der Waals surface area contributed by atoms with Crippen molar-refractivity contribution in [1.82, 2.24) is 16.0 Å². The summed E-state index contributed by atoms with van der Waals surface area (Å²) in [6.07, 6.45) is 1.03. The van der Waals surface area contributed by atoms with Gasteiger partial charge in [-0.1, -0.05) is 19.9 Å². The fourth-order valence-electron chi connectivity index (χ4n) is 1.97. The van der Waals surface area contributed by atoms with E-state index < -0.39 is 0 Å². The molecular formula is C18H30FIN4O. The number of aryl methyl sites for hydroxylation is 1. The smallest absolute Gasteiger partial charge is 0.251 e. The number of hydrogen-bond acceptors (Lipinski definition) is 2. The molecule has 0 atom stereocenters. The van der Waals surface area contributed by atoms with Crippen LogP contribution in [0.4, 0.5) is 4.39 Å². The number of carbonyl (C=O) groups excluding carboxylic acids is 1. The predicted octanol–water partition coefficient (Wildman–Crippen LogP) is 3.08. The summed E-state index contributed by atoms with van der Waals surface area (Å²) in [6.45, 7) is 10.5. The fourth-order valence-corrected chi connectivity index (χ4v) is 1.97. The first-order valence-corrected chi connectivity index (χ1v) is 8.50. The third kappa shape index (κ3) is 9.62. The number of hydrogen-bond donors (Lipinski definition) is 3. The van der Waals surface area contributed by atoms with Crippen LogP contribution < -0.4 is 16.0 Å². The fraction of sp³-hybridized carbons (Fsp3) is 0.556. The maximum Gasteiger partial charge on any atom is 0.251 e. The van der Waals surface area contributed by atoms with E-state index in [9.17, 15) is 9.18 Å². The van der Waals surface area contributed by atoms with Crippen LogP contribution in [0.25, 0.3) is 0 Å². The van der Waals surface area contributed by atoms with Crippen LogP contribution in [0.5, 0.6) is 0 Å². The third-order valence-corrected chi connectivity index (χ3v) is 3.46. The van der Waals surface area contributed by atoms with Crippen LogP contribution in [0, 0.1) is 18.7 Å². The maximum atomic E-state index is 13.5. The Kier molecular flexibility index (Phi) is 12.2. The summed E-state index contributed by atoms with van der Waals surface area (Å²) >= 11 is 0. The van der Waals surface area contributed by atoms with Gasteiger partial charge in [0.2, 0.25) is 0 Å². The van der Waals surface area contributed by atoms with E-state index in [1.807, 2.05) is 6.92 Å². The Bertz CT molecular complexity index is 564.